The van der Waals surface area contributed by atoms with Crippen molar-refractivity contribution in [2.24, 2.45) is 0 Å². The van der Waals surface area contributed by atoms with E-state index in [-0.39, 0.29) is 5.91 Å². The maximum Gasteiger partial charge on any atom is 0.223 e. The Bertz CT molecular complexity index is 389. The van der Waals surface area contributed by atoms with Crippen molar-refractivity contribution < 1.29 is 4.79 Å². The van der Waals surface area contributed by atoms with Gasteiger partial charge in [-0.15, -0.1) is 0 Å². The molecule has 0 fully saturated rings. The van der Waals surface area contributed by atoms with Crippen LogP contribution in [0.1, 0.15) is 31.4 Å². The Labute approximate surface area is 96.5 Å². The van der Waals surface area contributed by atoms with Crippen molar-refractivity contribution in [3.63, 3.8) is 0 Å². The van der Waals surface area contributed by atoms with Crippen molar-refractivity contribution in [1.82, 2.24) is 5.32 Å². The van der Waals surface area contributed by atoms with Crippen LogP contribution in [0, 0.1) is 0 Å². The summed E-state index contributed by atoms with van der Waals surface area (Å²) in [5.41, 5.74) is 2.30. The van der Waals surface area contributed by atoms with E-state index in [2.05, 4.69) is 11.4 Å². The van der Waals surface area contributed by atoms with E-state index in [4.69, 9.17) is 0 Å². The van der Waals surface area contributed by atoms with E-state index in [0.29, 0.717) is 6.04 Å². The van der Waals surface area contributed by atoms with Gasteiger partial charge in [0.2, 0.25) is 5.91 Å². The van der Waals surface area contributed by atoms with Crippen molar-refractivity contribution in [1.29, 1.82) is 0 Å². The quantitative estimate of drug-likeness (QED) is 0.783. The lowest BCUT2D eigenvalue weighted by Crippen LogP contribution is -2.29. The molecule has 0 spiro atoms. The number of nitrogens with zero attached hydrogens (tertiary/aromatic N) is 1. The first-order chi connectivity index (χ1) is 7.74. The second kappa shape index (κ2) is 4.66. The molecule has 1 aromatic carbocycles. The maximum atomic E-state index is 11.6. The molecule has 1 amide bonds. The lowest BCUT2D eigenvalue weighted by atomic mass is 10.0. The van der Waals surface area contributed by atoms with E-state index in [9.17, 15) is 4.79 Å². The molecule has 3 nitrogen and oxygen atoms in total. The molecule has 0 aliphatic carbocycles. The molecule has 1 unspecified atom stereocenters. The Morgan fingerprint density at radius 3 is 2.88 bits per heavy atom. The monoisotopic (exact) mass is 218 g/mol. The van der Waals surface area contributed by atoms with Gasteiger partial charge in [0.05, 0.1) is 0 Å². The Kier molecular flexibility index (Phi) is 3.25. The number of carbonyl (C=O) groups is 1. The van der Waals surface area contributed by atoms with Crippen LogP contribution >= 0.6 is 0 Å². The van der Waals surface area contributed by atoms with Gasteiger partial charge in [-0.3, -0.25) is 4.79 Å². The molecule has 1 heterocycles. The zero-order chi connectivity index (χ0) is 11.5. The first-order valence-electron chi connectivity index (χ1n) is 5.78. The molecule has 3 heteroatoms. The number of para-hydroxylation sites is 1. The molecule has 2 rings (SSSR count). The summed E-state index contributed by atoms with van der Waals surface area (Å²) in [6, 6.07) is 8.53. The van der Waals surface area contributed by atoms with Gasteiger partial charge in [-0.2, -0.15) is 0 Å². The molecule has 86 valence electrons. The van der Waals surface area contributed by atoms with Crippen LogP contribution in [-0.2, 0) is 4.79 Å². The molecule has 0 aromatic heterocycles. The predicted octanol–water partition coefficient (Wildman–Crippen LogP) is 2.09. The third-order valence-electron chi connectivity index (χ3n) is 3.21. The van der Waals surface area contributed by atoms with Gasteiger partial charge in [-0.25, -0.2) is 0 Å². The van der Waals surface area contributed by atoms with Crippen LogP contribution < -0.4 is 10.2 Å². The Morgan fingerprint density at radius 2 is 2.19 bits per heavy atom. The van der Waals surface area contributed by atoms with Crippen molar-refractivity contribution >= 4 is 11.6 Å². The topological polar surface area (TPSA) is 32.3 Å². The first-order valence-corrected chi connectivity index (χ1v) is 5.78. The minimum atomic E-state index is 0.129. The number of anilines is 1. The van der Waals surface area contributed by atoms with Crippen LogP contribution in [0.4, 0.5) is 5.69 Å². The summed E-state index contributed by atoms with van der Waals surface area (Å²) in [6.07, 6.45) is 2.12. The lowest BCUT2D eigenvalue weighted by Gasteiger charge is -2.22. The number of carbonyl (C=O) groups excluding carboxylic acids is 1. The van der Waals surface area contributed by atoms with Gasteiger partial charge in [0, 0.05) is 25.2 Å². The fraction of sp³-hybridized carbons (Fsp3) is 0.462. The van der Waals surface area contributed by atoms with Crippen molar-refractivity contribution in [2.75, 3.05) is 18.5 Å². The summed E-state index contributed by atoms with van der Waals surface area (Å²) in [5, 5.41) is 3.32. The smallest absolute Gasteiger partial charge is 0.223 e. The van der Waals surface area contributed by atoms with E-state index in [0.717, 1.165) is 25.1 Å². The number of fused-ring (bicyclic) bond motifs is 1. The Balaban J connectivity index is 2.46. The van der Waals surface area contributed by atoms with E-state index in [1.54, 1.807) is 6.92 Å². The average molecular weight is 218 g/mol. The number of benzene rings is 1. The van der Waals surface area contributed by atoms with E-state index in [1.807, 2.05) is 30.1 Å². The molecule has 1 N–H and O–H groups in total. The number of amides is 1. The van der Waals surface area contributed by atoms with Gasteiger partial charge in [0.1, 0.15) is 0 Å². The highest BCUT2D eigenvalue weighted by molar-refractivity contribution is 5.92. The summed E-state index contributed by atoms with van der Waals surface area (Å²) in [6.45, 7) is 2.46. The highest BCUT2D eigenvalue weighted by Gasteiger charge is 2.23. The van der Waals surface area contributed by atoms with Crippen molar-refractivity contribution in [3.05, 3.63) is 29.8 Å². The lowest BCUT2D eigenvalue weighted by molar-refractivity contribution is -0.116. The Morgan fingerprint density at radius 1 is 1.44 bits per heavy atom. The predicted molar refractivity (Wildman–Crippen MR) is 65.5 cm³/mol. The summed E-state index contributed by atoms with van der Waals surface area (Å²) in [4.78, 5) is 13.5. The van der Waals surface area contributed by atoms with Crippen molar-refractivity contribution in [3.8, 4) is 0 Å². The fourth-order valence-corrected chi connectivity index (χ4v) is 2.38. The highest BCUT2D eigenvalue weighted by atomic mass is 16.2. The molecular formula is C13H18N2O. The molecule has 16 heavy (non-hydrogen) atoms. The third kappa shape index (κ3) is 1.95. The van der Waals surface area contributed by atoms with Gasteiger partial charge >= 0.3 is 0 Å². The maximum absolute atomic E-state index is 11.6. The number of nitrogens with one attached hydrogen (secondary N) is 1. The van der Waals surface area contributed by atoms with Crippen LogP contribution in [0.25, 0.3) is 0 Å². The van der Waals surface area contributed by atoms with Crippen LogP contribution in [0.15, 0.2) is 24.3 Å². The normalized spacial score (nSPS) is 20.1. The minimum Gasteiger partial charge on any atom is -0.313 e. The van der Waals surface area contributed by atoms with Gasteiger partial charge in [-0.05, 0) is 31.5 Å². The van der Waals surface area contributed by atoms with E-state index < -0.39 is 0 Å². The summed E-state index contributed by atoms with van der Waals surface area (Å²) in [5.74, 6) is 0.129. The van der Waals surface area contributed by atoms with Crippen molar-refractivity contribution in [2.45, 2.75) is 25.8 Å². The molecule has 0 saturated carbocycles. The minimum absolute atomic E-state index is 0.129. The van der Waals surface area contributed by atoms with Gasteiger partial charge in [0.25, 0.3) is 0 Å². The van der Waals surface area contributed by atoms with Gasteiger partial charge in [-0.1, -0.05) is 18.2 Å². The summed E-state index contributed by atoms with van der Waals surface area (Å²) in [7, 11) is 1.98. The number of hydrogen-bond acceptors (Lipinski definition) is 2. The average Bonchev–Trinajstić information content (AvgIpc) is 2.47. The van der Waals surface area contributed by atoms with Crippen LogP contribution in [-0.4, -0.2) is 19.5 Å². The molecular weight excluding hydrogens is 200 g/mol. The van der Waals surface area contributed by atoms with Crippen LogP contribution in [0.5, 0.6) is 0 Å². The molecule has 1 aliphatic rings. The van der Waals surface area contributed by atoms with Crippen LogP contribution in [0.3, 0.4) is 0 Å². The van der Waals surface area contributed by atoms with E-state index >= 15 is 0 Å². The number of rotatable bonds is 1. The zero-order valence-electron chi connectivity index (χ0n) is 9.86. The number of hydrogen-bond donors (Lipinski definition) is 1. The van der Waals surface area contributed by atoms with Gasteiger partial charge < -0.3 is 10.2 Å². The Hall–Kier alpha value is -1.35. The zero-order valence-corrected chi connectivity index (χ0v) is 9.86. The molecule has 0 saturated heterocycles. The molecule has 0 bridgehead atoms. The standard InChI is InChI=1S/C13H18N2O/c1-10(16)15-9-5-7-12(14-2)11-6-3-4-8-13(11)15/h3-4,6,8,12,14H,5,7,9H2,1-2H3. The highest BCUT2D eigenvalue weighted by Crippen LogP contribution is 2.32. The van der Waals surface area contributed by atoms with E-state index in [1.165, 1.54) is 5.56 Å². The fourth-order valence-electron chi connectivity index (χ4n) is 2.38. The van der Waals surface area contributed by atoms with Crippen LogP contribution in [0.2, 0.25) is 0 Å². The second-order valence-corrected chi connectivity index (χ2v) is 4.21. The molecule has 0 radical (unpaired) electrons. The second-order valence-electron chi connectivity index (χ2n) is 4.21. The molecule has 1 atom stereocenters. The first kappa shape index (κ1) is 11.1. The summed E-state index contributed by atoms with van der Waals surface area (Å²) >= 11 is 0. The largest absolute Gasteiger partial charge is 0.313 e. The molecule has 1 aliphatic heterocycles. The molecule has 1 aromatic rings. The van der Waals surface area contributed by atoms with Gasteiger partial charge in [0.15, 0.2) is 0 Å². The summed E-state index contributed by atoms with van der Waals surface area (Å²) < 4.78 is 0. The SMILES string of the molecule is CNC1CCCN(C(C)=O)c2ccccc21. The third-order valence-corrected chi connectivity index (χ3v) is 3.21.